The van der Waals surface area contributed by atoms with Crippen LogP contribution in [0.3, 0.4) is 0 Å². The Morgan fingerprint density at radius 3 is 2.00 bits per heavy atom. The molecule has 0 radical (unpaired) electrons. The van der Waals surface area contributed by atoms with Gasteiger partial charge in [0, 0.05) is 0 Å². The van der Waals surface area contributed by atoms with Gasteiger partial charge in [0.05, 0.1) is 8.07 Å². The molecule has 0 spiro atoms. The minimum Gasteiger partial charge on any atom is -0.0656 e. The van der Waals surface area contributed by atoms with Crippen molar-refractivity contribution < 1.29 is 0 Å². The monoisotopic (exact) mass is 206 g/mol. The molecule has 1 rings (SSSR count). The van der Waals surface area contributed by atoms with Crippen molar-refractivity contribution >= 4 is 13.3 Å². The number of benzene rings is 1. The number of hydrogen-bond donors (Lipinski definition) is 0. The third-order valence-corrected chi connectivity index (χ3v) is 4.80. The van der Waals surface area contributed by atoms with Gasteiger partial charge in [-0.2, -0.15) is 0 Å². The van der Waals surface area contributed by atoms with Crippen LogP contribution in [0.15, 0.2) is 18.2 Å². The standard InChI is InChI=1S/C13H22Si/c1-10(2)13-8-7-12(9-11(13)3)14(4,5)6/h7-10H,1-6H3. The fraction of sp³-hybridized carbons (Fsp3) is 0.538. The van der Waals surface area contributed by atoms with E-state index >= 15 is 0 Å². The van der Waals surface area contributed by atoms with Crippen molar-refractivity contribution in [2.24, 2.45) is 0 Å². The van der Waals surface area contributed by atoms with Crippen LogP contribution in [0.4, 0.5) is 0 Å². The molecule has 1 heteroatoms. The molecule has 0 fully saturated rings. The zero-order chi connectivity index (χ0) is 10.9. The van der Waals surface area contributed by atoms with Crippen LogP contribution in [0.1, 0.15) is 30.9 Å². The summed E-state index contributed by atoms with van der Waals surface area (Å²) in [5.74, 6) is 0.644. The summed E-state index contributed by atoms with van der Waals surface area (Å²) in [5, 5.41) is 1.57. The van der Waals surface area contributed by atoms with E-state index in [0.29, 0.717) is 5.92 Å². The molecule has 0 nitrogen and oxygen atoms in total. The maximum Gasteiger partial charge on any atom is 0.0776 e. The van der Waals surface area contributed by atoms with Gasteiger partial charge in [-0.3, -0.25) is 0 Å². The Kier molecular flexibility index (Phi) is 3.20. The van der Waals surface area contributed by atoms with E-state index in [1.165, 1.54) is 11.1 Å². The van der Waals surface area contributed by atoms with Crippen molar-refractivity contribution in [3.05, 3.63) is 29.3 Å². The molecule has 0 unspecified atom stereocenters. The highest BCUT2D eigenvalue weighted by Gasteiger charge is 2.17. The number of aryl methyl sites for hydroxylation is 1. The molecule has 14 heavy (non-hydrogen) atoms. The molecule has 0 aliphatic carbocycles. The zero-order valence-corrected chi connectivity index (χ0v) is 11.3. The average molecular weight is 206 g/mol. The highest BCUT2D eigenvalue weighted by molar-refractivity contribution is 6.88. The van der Waals surface area contributed by atoms with Crippen LogP contribution < -0.4 is 5.19 Å². The Bertz CT molecular complexity index is 318. The van der Waals surface area contributed by atoms with E-state index in [1.807, 2.05) is 0 Å². The largest absolute Gasteiger partial charge is 0.0776 e. The lowest BCUT2D eigenvalue weighted by atomic mass is 9.98. The molecule has 0 N–H and O–H groups in total. The Balaban J connectivity index is 3.13. The Hall–Kier alpha value is -0.563. The maximum atomic E-state index is 2.40. The predicted octanol–water partition coefficient (Wildman–Crippen LogP) is 3.66. The quantitative estimate of drug-likeness (QED) is 0.648. The molecule has 78 valence electrons. The molecule has 0 aromatic heterocycles. The summed E-state index contributed by atoms with van der Waals surface area (Å²) in [6.07, 6.45) is 0. The number of hydrogen-bond acceptors (Lipinski definition) is 0. The fourth-order valence-electron chi connectivity index (χ4n) is 1.79. The molecular weight excluding hydrogens is 184 g/mol. The van der Waals surface area contributed by atoms with Crippen molar-refractivity contribution in [2.75, 3.05) is 0 Å². The molecular formula is C13H22Si. The van der Waals surface area contributed by atoms with Gasteiger partial charge in [-0.1, -0.05) is 56.9 Å². The highest BCUT2D eigenvalue weighted by Crippen LogP contribution is 2.18. The van der Waals surface area contributed by atoms with Gasteiger partial charge in [0.1, 0.15) is 0 Å². The van der Waals surface area contributed by atoms with E-state index in [0.717, 1.165) is 0 Å². The van der Waals surface area contributed by atoms with E-state index in [2.05, 4.69) is 58.6 Å². The van der Waals surface area contributed by atoms with Crippen LogP contribution in [0.2, 0.25) is 19.6 Å². The Morgan fingerprint density at radius 2 is 1.64 bits per heavy atom. The van der Waals surface area contributed by atoms with E-state index in [9.17, 15) is 0 Å². The van der Waals surface area contributed by atoms with Crippen LogP contribution >= 0.6 is 0 Å². The third-order valence-electron chi connectivity index (χ3n) is 2.76. The summed E-state index contributed by atoms with van der Waals surface area (Å²) in [7, 11) is -1.12. The molecule has 1 aromatic carbocycles. The fourth-order valence-corrected chi connectivity index (χ4v) is 3.02. The first kappa shape index (κ1) is 11.5. The second kappa shape index (κ2) is 3.89. The van der Waals surface area contributed by atoms with Crippen molar-refractivity contribution in [1.82, 2.24) is 0 Å². The predicted molar refractivity (Wildman–Crippen MR) is 68.2 cm³/mol. The van der Waals surface area contributed by atoms with Gasteiger partial charge < -0.3 is 0 Å². The van der Waals surface area contributed by atoms with Crippen LogP contribution in [-0.4, -0.2) is 8.07 Å². The molecule has 0 amide bonds. The van der Waals surface area contributed by atoms with Crippen molar-refractivity contribution in [1.29, 1.82) is 0 Å². The van der Waals surface area contributed by atoms with Gasteiger partial charge in [0.2, 0.25) is 0 Å². The van der Waals surface area contributed by atoms with Crippen molar-refractivity contribution in [3.8, 4) is 0 Å². The SMILES string of the molecule is Cc1cc([Si](C)(C)C)ccc1C(C)C. The van der Waals surface area contributed by atoms with Gasteiger partial charge in [-0.25, -0.2) is 0 Å². The van der Waals surface area contributed by atoms with Gasteiger partial charge in [-0.15, -0.1) is 0 Å². The number of rotatable bonds is 2. The lowest BCUT2D eigenvalue weighted by Crippen LogP contribution is -2.37. The van der Waals surface area contributed by atoms with Crippen LogP contribution in [0, 0.1) is 6.92 Å². The summed E-state index contributed by atoms with van der Waals surface area (Å²) in [5.41, 5.74) is 2.95. The van der Waals surface area contributed by atoms with Crippen LogP contribution in [0.25, 0.3) is 0 Å². The summed E-state index contributed by atoms with van der Waals surface area (Å²) < 4.78 is 0. The zero-order valence-electron chi connectivity index (χ0n) is 10.3. The minimum absolute atomic E-state index is 0.644. The van der Waals surface area contributed by atoms with E-state index in [-0.39, 0.29) is 0 Å². The maximum absolute atomic E-state index is 2.40. The van der Waals surface area contributed by atoms with Gasteiger partial charge in [0.25, 0.3) is 0 Å². The minimum atomic E-state index is -1.12. The summed E-state index contributed by atoms with van der Waals surface area (Å²) in [6, 6.07) is 7.03. The van der Waals surface area contributed by atoms with Gasteiger partial charge in [0.15, 0.2) is 0 Å². The first-order valence-corrected chi connectivity index (χ1v) is 8.93. The van der Waals surface area contributed by atoms with Crippen molar-refractivity contribution in [3.63, 3.8) is 0 Å². The third kappa shape index (κ3) is 2.47. The van der Waals surface area contributed by atoms with Gasteiger partial charge in [-0.05, 0) is 24.0 Å². The smallest absolute Gasteiger partial charge is 0.0656 e. The first-order chi connectivity index (χ1) is 6.32. The molecule has 0 bridgehead atoms. The normalized spacial score (nSPS) is 12.2. The molecule has 1 aromatic rings. The van der Waals surface area contributed by atoms with Crippen LogP contribution in [-0.2, 0) is 0 Å². The molecule has 0 saturated carbocycles. The Labute approximate surface area is 89.4 Å². The summed E-state index contributed by atoms with van der Waals surface area (Å²) >= 11 is 0. The topological polar surface area (TPSA) is 0 Å². The molecule has 0 heterocycles. The Morgan fingerprint density at radius 1 is 1.07 bits per heavy atom. The lowest BCUT2D eigenvalue weighted by molar-refractivity contribution is 0.857. The van der Waals surface area contributed by atoms with Crippen LogP contribution in [0.5, 0.6) is 0 Å². The average Bonchev–Trinajstić information content (AvgIpc) is 2.01. The first-order valence-electron chi connectivity index (χ1n) is 5.43. The lowest BCUT2D eigenvalue weighted by Gasteiger charge is -2.19. The second-order valence-electron chi connectivity index (χ2n) is 5.48. The van der Waals surface area contributed by atoms with E-state index in [4.69, 9.17) is 0 Å². The summed E-state index contributed by atoms with van der Waals surface area (Å²) in [6.45, 7) is 14.0. The molecule has 0 atom stereocenters. The van der Waals surface area contributed by atoms with Gasteiger partial charge >= 0.3 is 0 Å². The summed E-state index contributed by atoms with van der Waals surface area (Å²) in [4.78, 5) is 0. The molecule has 0 aliphatic rings. The molecule has 0 aliphatic heterocycles. The molecule has 0 saturated heterocycles. The second-order valence-corrected chi connectivity index (χ2v) is 10.6. The van der Waals surface area contributed by atoms with E-state index in [1.54, 1.807) is 5.19 Å². The van der Waals surface area contributed by atoms with E-state index < -0.39 is 8.07 Å². The highest BCUT2D eigenvalue weighted by atomic mass is 28.3. The van der Waals surface area contributed by atoms with Crippen molar-refractivity contribution in [2.45, 2.75) is 46.3 Å².